The van der Waals surface area contributed by atoms with Crippen LogP contribution >= 0.6 is 8.19 Å². The molecule has 0 aliphatic heterocycles. The first-order chi connectivity index (χ1) is 13.6. The van der Waals surface area contributed by atoms with E-state index in [1.54, 1.807) is 0 Å². The van der Waals surface area contributed by atoms with Crippen molar-refractivity contribution in [3.63, 3.8) is 0 Å². The summed E-state index contributed by atoms with van der Waals surface area (Å²) in [5.41, 5.74) is 8.42. The van der Waals surface area contributed by atoms with Gasteiger partial charge in [-0.05, 0) is 73.5 Å². The number of fused-ring (bicyclic) bond motifs is 6. The minimum Gasteiger partial charge on any atom is -0.123 e. The lowest BCUT2D eigenvalue weighted by atomic mass is 9.82. The Bertz CT molecular complexity index is 1370. The van der Waals surface area contributed by atoms with Crippen LogP contribution in [0, 0.1) is 0 Å². The maximum Gasteiger partial charge on any atom is 0.0159 e. The van der Waals surface area contributed by atoms with E-state index in [9.17, 15) is 0 Å². The Hall–Kier alpha value is -2.82. The molecule has 0 bridgehead atoms. The van der Waals surface area contributed by atoms with E-state index in [1.807, 2.05) is 0 Å². The second-order valence-corrected chi connectivity index (χ2v) is 9.69. The zero-order valence-corrected chi connectivity index (χ0v) is 17.1. The highest BCUT2D eigenvalue weighted by Crippen LogP contribution is 2.52. The molecule has 1 atom stereocenters. The van der Waals surface area contributed by atoms with Crippen LogP contribution < -0.4 is 0 Å². The molecule has 0 saturated heterocycles. The summed E-state index contributed by atoms with van der Waals surface area (Å²) >= 11 is 0. The van der Waals surface area contributed by atoms with Gasteiger partial charge in [0.15, 0.2) is 0 Å². The van der Waals surface area contributed by atoms with Gasteiger partial charge in [-0.1, -0.05) is 74.5 Å². The van der Waals surface area contributed by atoms with Crippen molar-refractivity contribution < 1.29 is 0 Å². The first kappa shape index (κ1) is 16.2. The van der Waals surface area contributed by atoms with Crippen molar-refractivity contribution in [3.05, 3.63) is 96.1 Å². The van der Waals surface area contributed by atoms with Crippen LogP contribution in [0.15, 0.2) is 84.9 Å². The predicted molar refractivity (Wildman–Crippen MR) is 124 cm³/mol. The van der Waals surface area contributed by atoms with E-state index < -0.39 is 0 Å². The smallest absolute Gasteiger partial charge is 0.0159 e. The molecule has 0 N–H and O–H groups in total. The molecule has 1 unspecified atom stereocenters. The number of benzene rings is 4. The van der Waals surface area contributed by atoms with Crippen molar-refractivity contribution in [2.24, 2.45) is 0 Å². The maximum absolute atomic E-state index is 2.48. The van der Waals surface area contributed by atoms with Crippen LogP contribution in [0.4, 0.5) is 0 Å². The van der Waals surface area contributed by atoms with Crippen molar-refractivity contribution in [2.75, 3.05) is 0 Å². The summed E-state index contributed by atoms with van der Waals surface area (Å²) in [7, 11) is 0.748. The van der Waals surface area contributed by atoms with Crippen molar-refractivity contribution >= 4 is 29.2 Å². The molecule has 1 aromatic heterocycles. The molecule has 4 aromatic carbocycles. The van der Waals surface area contributed by atoms with E-state index in [0.29, 0.717) is 0 Å². The van der Waals surface area contributed by atoms with Crippen molar-refractivity contribution in [1.82, 2.24) is 0 Å². The molecule has 28 heavy (non-hydrogen) atoms. The molecule has 0 spiro atoms. The van der Waals surface area contributed by atoms with E-state index >= 15 is 0 Å². The Kier molecular flexibility index (Phi) is 3.23. The molecule has 1 heteroatoms. The van der Waals surface area contributed by atoms with Gasteiger partial charge in [0.25, 0.3) is 0 Å². The molecule has 0 nitrogen and oxygen atoms in total. The van der Waals surface area contributed by atoms with Gasteiger partial charge in [0.05, 0.1) is 0 Å². The number of hydrogen-bond donors (Lipinski definition) is 0. The number of hydrogen-bond acceptors (Lipinski definition) is 0. The Morgan fingerprint density at radius 3 is 2.18 bits per heavy atom. The van der Waals surface area contributed by atoms with E-state index in [-0.39, 0.29) is 5.41 Å². The van der Waals surface area contributed by atoms with Crippen LogP contribution in [0.1, 0.15) is 25.0 Å². The van der Waals surface area contributed by atoms with Crippen LogP contribution in [-0.4, -0.2) is 0 Å². The predicted octanol–water partition coefficient (Wildman–Crippen LogP) is 8.00. The summed E-state index contributed by atoms with van der Waals surface area (Å²) < 4.78 is 0. The minimum absolute atomic E-state index is 0.0594. The van der Waals surface area contributed by atoms with Gasteiger partial charge >= 0.3 is 0 Å². The normalized spacial score (nSPS) is 14.6. The molecule has 0 amide bonds. The lowest BCUT2D eigenvalue weighted by Crippen LogP contribution is -2.14. The molecular formula is C27H21P. The maximum atomic E-state index is 2.48. The Morgan fingerprint density at radius 1 is 0.571 bits per heavy atom. The van der Waals surface area contributed by atoms with Crippen molar-refractivity contribution in [2.45, 2.75) is 19.3 Å². The van der Waals surface area contributed by atoms with E-state index in [0.717, 1.165) is 8.19 Å². The summed E-state index contributed by atoms with van der Waals surface area (Å²) in [5, 5.41) is 5.82. The lowest BCUT2D eigenvalue weighted by Gasteiger charge is -2.21. The average molecular weight is 376 g/mol. The molecule has 1 heterocycles. The molecule has 5 aromatic rings. The van der Waals surface area contributed by atoms with Crippen LogP contribution in [0.5, 0.6) is 0 Å². The van der Waals surface area contributed by atoms with Gasteiger partial charge in [-0.2, -0.15) is 0 Å². The molecule has 1 aliphatic carbocycles. The molecule has 0 radical (unpaired) electrons. The summed E-state index contributed by atoms with van der Waals surface area (Å²) in [6.45, 7) is 4.73. The standard InChI is InChI=1S/C27H21P/c1-27(2)23-11-7-6-10-19(23)20-16-26-22(15-24(20)27)21-14-18(12-13-25(21)28-26)17-8-4-3-5-9-17/h3-16,28H,1-2H3. The largest absolute Gasteiger partial charge is 0.123 e. The zero-order valence-electron chi connectivity index (χ0n) is 16.1. The first-order valence-corrected chi connectivity index (χ1v) is 10.9. The van der Waals surface area contributed by atoms with Crippen molar-refractivity contribution in [3.8, 4) is 22.3 Å². The van der Waals surface area contributed by atoms with E-state index in [1.165, 1.54) is 54.4 Å². The Balaban J connectivity index is 1.64. The highest BCUT2D eigenvalue weighted by molar-refractivity contribution is 7.43. The third kappa shape index (κ3) is 2.13. The Morgan fingerprint density at radius 2 is 1.32 bits per heavy atom. The van der Waals surface area contributed by atoms with Gasteiger partial charge in [0.2, 0.25) is 0 Å². The average Bonchev–Trinajstić information content (AvgIpc) is 3.20. The highest BCUT2D eigenvalue weighted by Gasteiger charge is 2.35. The second kappa shape index (κ2) is 5.60. The van der Waals surface area contributed by atoms with Gasteiger partial charge in [0, 0.05) is 10.5 Å². The molecule has 6 rings (SSSR count). The first-order valence-electron chi connectivity index (χ1n) is 9.88. The SMILES string of the molecule is CC1(C)c2ccccc2-c2cc3[pH]c4ccc(-c5ccccc5)cc4c3cc21. The molecule has 0 saturated carbocycles. The van der Waals surface area contributed by atoms with E-state index in [2.05, 4.69) is 98.8 Å². The monoisotopic (exact) mass is 376 g/mol. The lowest BCUT2D eigenvalue weighted by molar-refractivity contribution is 0.661. The summed E-state index contributed by atoms with van der Waals surface area (Å²) in [6.07, 6.45) is 0. The van der Waals surface area contributed by atoms with Gasteiger partial charge in [-0.15, -0.1) is 8.19 Å². The van der Waals surface area contributed by atoms with Gasteiger partial charge in [-0.25, -0.2) is 0 Å². The summed E-state index contributed by atoms with van der Waals surface area (Å²) in [5.74, 6) is 0. The number of rotatable bonds is 1. The third-order valence-corrected chi connectivity index (χ3v) is 7.80. The molecule has 134 valence electrons. The fourth-order valence-electron chi connectivity index (χ4n) is 4.91. The van der Waals surface area contributed by atoms with E-state index in [4.69, 9.17) is 0 Å². The minimum atomic E-state index is 0.0594. The van der Waals surface area contributed by atoms with Crippen LogP contribution in [0.2, 0.25) is 0 Å². The highest BCUT2D eigenvalue weighted by atomic mass is 31.0. The quantitative estimate of drug-likeness (QED) is 0.278. The fraction of sp³-hybridized carbons (Fsp3) is 0.111. The van der Waals surface area contributed by atoms with Gasteiger partial charge in [-0.3, -0.25) is 0 Å². The zero-order chi connectivity index (χ0) is 18.9. The molecular weight excluding hydrogens is 355 g/mol. The van der Waals surface area contributed by atoms with Crippen LogP contribution in [-0.2, 0) is 5.41 Å². The van der Waals surface area contributed by atoms with Gasteiger partial charge < -0.3 is 0 Å². The fourth-order valence-corrected chi connectivity index (χ4v) is 6.26. The van der Waals surface area contributed by atoms with Crippen LogP contribution in [0.3, 0.4) is 0 Å². The molecule has 1 aliphatic rings. The van der Waals surface area contributed by atoms with Crippen LogP contribution in [0.25, 0.3) is 43.3 Å². The second-order valence-electron chi connectivity index (χ2n) is 8.37. The van der Waals surface area contributed by atoms with Gasteiger partial charge in [0.1, 0.15) is 0 Å². The topological polar surface area (TPSA) is 0 Å². The Labute approximate surface area is 166 Å². The third-order valence-electron chi connectivity index (χ3n) is 6.41. The van der Waals surface area contributed by atoms with Crippen molar-refractivity contribution in [1.29, 1.82) is 0 Å². The molecule has 0 fully saturated rings. The summed E-state index contributed by atoms with van der Waals surface area (Å²) in [6, 6.07) is 31.6. The summed E-state index contributed by atoms with van der Waals surface area (Å²) in [4.78, 5) is 0.